The van der Waals surface area contributed by atoms with Crippen LogP contribution >= 0.6 is 0 Å². The fourth-order valence-corrected chi connectivity index (χ4v) is 5.42. The Morgan fingerprint density at radius 1 is 0.909 bits per heavy atom. The minimum Gasteiger partial charge on any atom is -0.392 e. The van der Waals surface area contributed by atoms with Crippen molar-refractivity contribution in [2.45, 2.75) is 51.4 Å². The predicted octanol–water partition coefficient (Wildman–Crippen LogP) is 5.78. The Bertz CT molecular complexity index is 1460. The van der Waals surface area contributed by atoms with E-state index in [1.54, 1.807) is 0 Å². The summed E-state index contributed by atoms with van der Waals surface area (Å²) in [7, 11) is 2.12. The number of urea groups is 1. The zero-order chi connectivity index (χ0) is 30.7. The molecule has 3 N–H and O–H groups in total. The number of aliphatic hydroxyl groups excluding tert-OH is 1. The van der Waals surface area contributed by atoms with Crippen LogP contribution in [-0.2, 0) is 29.0 Å². The van der Waals surface area contributed by atoms with Crippen LogP contribution in [0.2, 0.25) is 0 Å². The number of nitrogens with zero attached hydrogens (tertiary/aromatic N) is 2. The number of benzene rings is 3. The van der Waals surface area contributed by atoms with E-state index in [0.717, 1.165) is 65.0 Å². The van der Waals surface area contributed by atoms with E-state index in [1.807, 2.05) is 61.7 Å². The quantitative estimate of drug-likeness (QED) is 0.193. The Balaban J connectivity index is 1.28. The van der Waals surface area contributed by atoms with Crippen molar-refractivity contribution in [1.82, 2.24) is 20.5 Å². The number of pyridine rings is 1. The molecule has 230 valence electrons. The number of aromatic nitrogens is 1. The Morgan fingerprint density at radius 2 is 1.70 bits per heavy atom. The topological polar surface area (TPSA) is 96.0 Å². The number of rotatable bonds is 12. The van der Waals surface area contributed by atoms with Crippen LogP contribution in [0, 0.1) is 0 Å². The average Bonchev–Trinajstić information content (AvgIpc) is 3.07. The van der Waals surface area contributed by atoms with Crippen LogP contribution in [0.1, 0.15) is 53.7 Å². The van der Waals surface area contributed by atoms with E-state index in [2.05, 4.69) is 70.0 Å². The van der Waals surface area contributed by atoms with Crippen LogP contribution < -0.4 is 10.6 Å². The number of ether oxygens (including phenoxy) is 2. The highest BCUT2D eigenvalue weighted by atomic mass is 16.7. The van der Waals surface area contributed by atoms with Crippen molar-refractivity contribution in [3.63, 3.8) is 0 Å². The lowest BCUT2D eigenvalue weighted by atomic mass is 9.99. The Kier molecular flexibility index (Phi) is 11.1. The molecule has 1 saturated heterocycles. The van der Waals surface area contributed by atoms with Crippen molar-refractivity contribution in [1.29, 1.82) is 0 Å². The van der Waals surface area contributed by atoms with Crippen molar-refractivity contribution in [2.75, 3.05) is 26.7 Å². The molecule has 1 aromatic heterocycles. The smallest absolute Gasteiger partial charge is 0.315 e. The van der Waals surface area contributed by atoms with Gasteiger partial charge in [-0.2, -0.15) is 0 Å². The van der Waals surface area contributed by atoms with Gasteiger partial charge in [-0.05, 0) is 60.0 Å². The van der Waals surface area contributed by atoms with E-state index in [9.17, 15) is 9.90 Å². The van der Waals surface area contributed by atoms with E-state index in [0.29, 0.717) is 13.1 Å². The molecule has 2 heterocycles. The molecule has 3 atom stereocenters. The lowest BCUT2D eigenvalue weighted by molar-refractivity contribution is -0.252. The lowest BCUT2D eigenvalue weighted by Crippen LogP contribution is -2.38. The van der Waals surface area contributed by atoms with Gasteiger partial charge in [-0.3, -0.25) is 4.98 Å². The van der Waals surface area contributed by atoms with Crippen molar-refractivity contribution in [3.05, 3.63) is 125 Å². The number of nitrogens with one attached hydrogen (secondary N) is 2. The van der Waals surface area contributed by atoms with Gasteiger partial charge in [0.1, 0.15) is 0 Å². The molecule has 8 heteroatoms. The summed E-state index contributed by atoms with van der Waals surface area (Å²) in [5, 5.41) is 15.2. The maximum atomic E-state index is 11.8. The molecule has 44 heavy (non-hydrogen) atoms. The first-order chi connectivity index (χ1) is 21.5. The molecule has 3 aromatic carbocycles. The van der Waals surface area contributed by atoms with Gasteiger partial charge in [-0.15, -0.1) is 0 Å². The number of carbonyl (C=O) groups excluding carboxylic acids is 1. The summed E-state index contributed by atoms with van der Waals surface area (Å²) >= 11 is 0. The molecular formula is C36H42N4O4. The van der Waals surface area contributed by atoms with Crippen LogP contribution in [0.25, 0.3) is 11.1 Å². The summed E-state index contributed by atoms with van der Waals surface area (Å²) in [6, 6.07) is 30.3. The molecule has 8 nitrogen and oxygen atoms in total. The van der Waals surface area contributed by atoms with Gasteiger partial charge in [-0.25, -0.2) is 4.79 Å². The molecule has 4 aromatic rings. The normalized spacial score (nSPS) is 18.2. The standard InChI is InChI=1S/C36H42N4O4/c1-3-37-36(42)39-23-27-7-6-8-31(21-27)28-14-16-30(17-15-28)35-43-33(24-40(2)20-18-32-9-4-5-19-38-32)22-34(44-35)29-12-10-26(25-41)11-13-29/h4-17,19,21,33-35,41H,3,18,20,22-25H2,1-2H3,(H2,37,39,42). The van der Waals surface area contributed by atoms with E-state index in [-0.39, 0.29) is 24.8 Å². The Labute approximate surface area is 260 Å². The summed E-state index contributed by atoms with van der Waals surface area (Å²) in [4.78, 5) is 18.6. The van der Waals surface area contributed by atoms with Crippen molar-refractivity contribution >= 4 is 6.03 Å². The number of hydrogen-bond donors (Lipinski definition) is 3. The highest BCUT2D eigenvalue weighted by Gasteiger charge is 2.32. The molecule has 0 aliphatic carbocycles. The van der Waals surface area contributed by atoms with E-state index in [4.69, 9.17) is 9.47 Å². The number of hydrogen-bond acceptors (Lipinski definition) is 6. The average molecular weight is 595 g/mol. The van der Waals surface area contributed by atoms with Gasteiger partial charge in [0, 0.05) is 56.5 Å². The van der Waals surface area contributed by atoms with Crippen molar-refractivity contribution in [2.24, 2.45) is 0 Å². The minimum atomic E-state index is -0.512. The zero-order valence-corrected chi connectivity index (χ0v) is 25.5. The third kappa shape index (κ3) is 8.74. The largest absolute Gasteiger partial charge is 0.392 e. The highest BCUT2D eigenvalue weighted by molar-refractivity contribution is 5.73. The Morgan fingerprint density at radius 3 is 2.43 bits per heavy atom. The molecule has 0 spiro atoms. The second-order valence-electron chi connectivity index (χ2n) is 11.2. The maximum absolute atomic E-state index is 11.8. The first kappa shape index (κ1) is 31.3. The third-order valence-electron chi connectivity index (χ3n) is 7.84. The molecular weight excluding hydrogens is 552 g/mol. The SMILES string of the molecule is CCNC(=O)NCc1cccc(-c2ccc(C3OC(CN(C)CCc4ccccn4)CC(c4ccc(CO)cc4)O3)cc2)c1. The summed E-state index contributed by atoms with van der Waals surface area (Å²) in [6.07, 6.45) is 2.77. The second-order valence-corrected chi connectivity index (χ2v) is 11.2. The monoisotopic (exact) mass is 594 g/mol. The fourth-order valence-electron chi connectivity index (χ4n) is 5.42. The van der Waals surface area contributed by atoms with Gasteiger partial charge in [0.2, 0.25) is 0 Å². The number of likely N-dealkylation sites (N-methyl/N-ethyl adjacent to an activating group) is 1. The lowest BCUT2D eigenvalue weighted by Gasteiger charge is -2.38. The van der Waals surface area contributed by atoms with Gasteiger partial charge < -0.3 is 30.1 Å². The van der Waals surface area contributed by atoms with Gasteiger partial charge >= 0.3 is 6.03 Å². The molecule has 5 rings (SSSR count). The maximum Gasteiger partial charge on any atom is 0.315 e. The number of carbonyl (C=O) groups is 1. The number of amides is 2. The van der Waals surface area contributed by atoms with Crippen LogP contribution in [0.15, 0.2) is 97.2 Å². The van der Waals surface area contributed by atoms with Crippen LogP contribution in [-0.4, -0.2) is 53.8 Å². The third-order valence-corrected chi connectivity index (χ3v) is 7.84. The zero-order valence-electron chi connectivity index (χ0n) is 25.5. The van der Waals surface area contributed by atoms with Gasteiger partial charge in [0.15, 0.2) is 6.29 Å². The van der Waals surface area contributed by atoms with E-state index < -0.39 is 6.29 Å². The minimum absolute atomic E-state index is 0.0151. The number of aliphatic hydroxyl groups is 1. The summed E-state index contributed by atoms with van der Waals surface area (Å²) in [6.45, 7) is 4.61. The van der Waals surface area contributed by atoms with E-state index >= 15 is 0 Å². The molecule has 0 saturated carbocycles. The van der Waals surface area contributed by atoms with Crippen LogP contribution in [0.3, 0.4) is 0 Å². The molecule has 0 radical (unpaired) electrons. The molecule has 0 bridgehead atoms. The van der Waals surface area contributed by atoms with Gasteiger partial charge in [-0.1, -0.05) is 72.8 Å². The predicted molar refractivity (Wildman–Crippen MR) is 172 cm³/mol. The molecule has 2 amide bonds. The molecule has 1 aliphatic heterocycles. The summed E-state index contributed by atoms with van der Waals surface area (Å²) < 4.78 is 13.1. The molecule has 1 fully saturated rings. The summed E-state index contributed by atoms with van der Waals surface area (Å²) in [5.41, 5.74) is 7.17. The van der Waals surface area contributed by atoms with Crippen molar-refractivity contribution < 1.29 is 19.4 Å². The van der Waals surface area contributed by atoms with Gasteiger partial charge in [0.05, 0.1) is 18.8 Å². The van der Waals surface area contributed by atoms with Gasteiger partial charge in [0.25, 0.3) is 0 Å². The summed E-state index contributed by atoms with van der Waals surface area (Å²) in [5.74, 6) is 0. The molecule has 1 aliphatic rings. The Hall–Kier alpha value is -4.08. The van der Waals surface area contributed by atoms with Crippen LogP contribution in [0.4, 0.5) is 4.79 Å². The van der Waals surface area contributed by atoms with E-state index in [1.165, 1.54) is 0 Å². The van der Waals surface area contributed by atoms with Crippen LogP contribution in [0.5, 0.6) is 0 Å². The second kappa shape index (κ2) is 15.6. The highest BCUT2D eigenvalue weighted by Crippen LogP contribution is 2.38. The first-order valence-electron chi connectivity index (χ1n) is 15.3. The fraction of sp³-hybridized carbons (Fsp3) is 0.333. The molecule has 3 unspecified atom stereocenters. The first-order valence-corrected chi connectivity index (χ1v) is 15.3. The van der Waals surface area contributed by atoms with Crippen molar-refractivity contribution in [3.8, 4) is 11.1 Å².